The van der Waals surface area contributed by atoms with E-state index >= 15 is 0 Å². The Morgan fingerprint density at radius 3 is 2.09 bits per heavy atom. The molecule has 122 valence electrons. The lowest BCUT2D eigenvalue weighted by Gasteiger charge is -2.18. The van der Waals surface area contributed by atoms with Crippen LogP contribution in [0.3, 0.4) is 0 Å². The minimum absolute atomic E-state index is 0.275. The Morgan fingerprint density at radius 1 is 0.957 bits per heavy atom. The van der Waals surface area contributed by atoms with Gasteiger partial charge in [0.05, 0.1) is 5.92 Å². The van der Waals surface area contributed by atoms with Crippen LogP contribution in [-0.4, -0.2) is 6.18 Å². The van der Waals surface area contributed by atoms with E-state index in [1.807, 2.05) is 45.0 Å². The SMILES string of the molecule is Cc1cc(C)cc(C(/C=C/c2ccc(C)c(Br)c2)C(F)(F)F)c1. The third-order valence-corrected chi connectivity index (χ3v) is 4.49. The van der Waals surface area contributed by atoms with Gasteiger partial charge in [0.1, 0.15) is 0 Å². The molecular formula is C19H18BrF3. The minimum Gasteiger partial charge on any atom is -0.170 e. The van der Waals surface area contributed by atoms with Crippen molar-refractivity contribution >= 4 is 22.0 Å². The summed E-state index contributed by atoms with van der Waals surface area (Å²) in [7, 11) is 0. The third-order valence-electron chi connectivity index (χ3n) is 3.63. The number of aryl methyl sites for hydroxylation is 3. The molecule has 0 aliphatic heterocycles. The van der Waals surface area contributed by atoms with Crippen LogP contribution in [0, 0.1) is 20.8 Å². The maximum atomic E-state index is 13.5. The molecule has 0 radical (unpaired) electrons. The zero-order chi connectivity index (χ0) is 17.2. The highest BCUT2D eigenvalue weighted by Crippen LogP contribution is 2.37. The maximum Gasteiger partial charge on any atom is 0.399 e. The first kappa shape index (κ1) is 17.8. The summed E-state index contributed by atoms with van der Waals surface area (Å²) >= 11 is 3.40. The molecule has 0 aliphatic carbocycles. The molecule has 2 rings (SSSR count). The van der Waals surface area contributed by atoms with Crippen LogP contribution < -0.4 is 0 Å². The fourth-order valence-electron chi connectivity index (χ4n) is 2.52. The van der Waals surface area contributed by atoms with Gasteiger partial charge in [-0.25, -0.2) is 0 Å². The number of rotatable bonds is 3. The number of halogens is 4. The number of hydrogen-bond donors (Lipinski definition) is 0. The molecule has 2 aromatic carbocycles. The first-order valence-electron chi connectivity index (χ1n) is 7.26. The standard InChI is InChI=1S/C19H18BrF3/c1-12-8-13(2)10-16(9-12)17(19(21,22)23)7-6-15-5-4-14(3)18(20)11-15/h4-11,17H,1-3H3/b7-6+. The summed E-state index contributed by atoms with van der Waals surface area (Å²) in [6, 6.07) is 10.6. The molecule has 0 heterocycles. The van der Waals surface area contributed by atoms with Crippen molar-refractivity contribution in [2.45, 2.75) is 32.9 Å². The van der Waals surface area contributed by atoms with Crippen LogP contribution in [0.1, 0.15) is 33.7 Å². The Morgan fingerprint density at radius 2 is 1.57 bits per heavy atom. The number of allylic oxidation sites excluding steroid dienone is 1. The predicted octanol–water partition coefficient (Wildman–Crippen LogP) is 6.73. The van der Waals surface area contributed by atoms with Crippen LogP contribution in [0.2, 0.25) is 0 Å². The summed E-state index contributed by atoms with van der Waals surface area (Å²) in [5.41, 5.74) is 3.73. The Bertz CT molecular complexity index is 710. The lowest BCUT2D eigenvalue weighted by atomic mass is 9.94. The van der Waals surface area contributed by atoms with Crippen molar-refractivity contribution in [3.05, 3.63) is 74.8 Å². The molecule has 0 aliphatic rings. The molecule has 0 spiro atoms. The highest BCUT2D eigenvalue weighted by atomic mass is 79.9. The second kappa shape index (κ2) is 6.91. The van der Waals surface area contributed by atoms with Crippen molar-refractivity contribution in [1.82, 2.24) is 0 Å². The molecule has 0 saturated heterocycles. The zero-order valence-corrected chi connectivity index (χ0v) is 14.8. The third kappa shape index (κ3) is 4.71. The van der Waals surface area contributed by atoms with Crippen molar-refractivity contribution in [1.29, 1.82) is 0 Å². The summed E-state index contributed by atoms with van der Waals surface area (Å²) in [5, 5.41) is 0. The van der Waals surface area contributed by atoms with Gasteiger partial charge in [-0.05, 0) is 43.5 Å². The van der Waals surface area contributed by atoms with Crippen molar-refractivity contribution in [3.63, 3.8) is 0 Å². The summed E-state index contributed by atoms with van der Waals surface area (Å²) in [4.78, 5) is 0. The van der Waals surface area contributed by atoms with E-state index in [9.17, 15) is 13.2 Å². The highest BCUT2D eigenvalue weighted by molar-refractivity contribution is 9.10. The van der Waals surface area contributed by atoms with Gasteiger partial charge in [-0.2, -0.15) is 13.2 Å². The van der Waals surface area contributed by atoms with Crippen LogP contribution in [0.5, 0.6) is 0 Å². The van der Waals surface area contributed by atoms with Gasteiger partial charge in [0.25, 0.3) is 0 Å². The molecule has 0 fully saturated rings. The maximum absolute atomic E-state index is 13.5. The Labute approximate surface area is 143 Å². The van der Waals surface area contributed by atoms with Crippen LogP contribution in [-0.2, 0) is 0 Å². The van der Waals surface area contributed by atoms with Crippen molar-refractivity contribution in [2.75, 3.05) is 0 Å². The number of alkyl halides is 3. The lowest BCUT2D eigenvalue weighted by molar-refractivity contribution is -0.139. The minimum atomic E-state index is -4.32. The van der Waals surface area contributed by atoms with Gasteiger partial charge in [-0.3, -0.25) is 0 Å². The largest absolute Gasteiger partial charge is 0.399 e. The van der Waals surface area contributed by atoms with E-state index in [0.717, 1.165) is 26.7 Å². The van der Waals surface area contributed by atoms with Gasteiger partial charge in [0.2, 0.25) is 0 Å². The molecule has 1 atom stereocenters. The Kier molecular flexibility index (Phi) is 5.35. The smallest absolute Gasteiger partial charge is 0.170 e. The van der Waals surface area contributed by atoms with Gasteiger partial charge in [-0.1, -0.05) is 69.5 Å². The molecule has 0 nitrogen and oxygen atoms in total. The van der Waals surface area contributed by atoms with Gasteiger partial charge >= 0.3 is 6.18 Å². The van der Waals surface area contributed by atoms with E-state index in [-0.39, 0.29) is 5.56 Å². The molecular weight excluding hydrogens is 365 g/mol. The van der Waals surface area contributed by atoms with Crippen molar-refractivity contribution < 1.29 is 13.2 Å². The van der Waals surface area contributed by atoms with E-state index in [1.54, 1.807) is 12.1 Å². The molecule has 1 unspecified atom stereocenters. The molecule has 0 saturated carbocycles. The van der Waals surface area contributed by atoms with Gasteiger partial charge < -0.3 is 0 Å². The lowest BCUT2D eigenvalue weighted by Crippen LogP contribution is -2.19. The average Bonchev–Trinajstić information content (AvgIpc) is 2.40. The Hall–Kier alpha value is -1.55. The van der Waals surface area contributed by atoms with E-state index < -0.39 is 12.1 Å². The topological polar surface area (TPSA) is 0 Å². The van der Waals surface area contributed by atoms with E-state index in [0.29, 0.717) is 0 Å². The second-order valence-electron chi connectivity index (χ2n) is 5.81. The van der Waals surface area contributed by atoms with Crippen LogP contribution >= 0.6 is 15.9 Å². The summed E-state index contributed by atoms with van der Waals surface area (Å²) in [6.45, 7) is 5.56. The number of hydrogen-bond acceptors (Lipinski definition) is 0. The first-order valence-corrected chi connectivity index (χ1v) is 8.05. The van der Waals surface area contributed by atoms with Gasteiger partial charge in [0, 0.05) is 4.47 Å². The second-order valence-corrected chi connectivity index (χ2v) is 6.66. The number of benzene rings is 2. The molecule has 23 heavy (non-hydrogen) atoms. The monoisotopic (exact) mass is 382 g/mol. The van der Waals surface area contributed by atoms with Crippen LogP contribution in [0.4, 0.5) is 13.2 Å². The van der Waals surface area contributed by atoms with E-state index in [2.05, 4.69) is 15.9 Å². The summed E-state index contributed by atoms with van der Waals surface area (Å²) < 4.78 is 41.2. The molecule has 0 N–H and O–H groups in total. The van der Waals surface area contributed by atoms with Gasteiger partial charge in [0.15, 0.2) is 0 Å². The normalized spacial score (nSPS) is 13.5. The van der Waals surface area contributed by atoms with E-state index in [1.165, 1.54) is 12.2 Å². The zero-order valence-electron chi connectivity index (χ0n) is 13.2. The van der Waals surface area contributed by atoms with Crippen molar-refractivity contribution in [3.8, 4) is 0 Å². The summed E-state index contributed by atoms with van der Waals surface area (Å²) in [6.07, 6.45) is -1.57. The van der Waals surface area contributed by atoms with Crippen LogP contribution in [0.15, 0.2) is 46.9 Å². The highest BCUT2D eigenvalue weighted by Gasteiger charge is 2.38. The Balaban J connectivity index is 2.39. The van der Waals surface area contributed by atoms with E-state index in [4.69, 9.17) is 0 Å². The molecule has 2 aromatic rings. The molecule has 0 aromatic heterocycles. The quantitative estimate of drug-likeness (QED) is 0.551. The fourth-order valence-corrected chi connectivity index (χ4v) is 2.92. The van der Waals surface area contributed by atoms with Crippen LogP contribution in [0.25, 0.3) is 6.08 Å². The molecule has 4 heteroatoms. The van der Waals surface area contributed by atoms with Gasteiger partial charge in [-0.15, -0.1) is 0 Å². The molecule has 0 bridgehead atoms. The first-order chi connectivity index (χ1) is 10.7. The predicted molar refractivity (Wildman–Crippen MR) is 92.6 cm³/mol. The molecule has 0 amide bonds. The average molecular weight is 383 g/mol. The summed E-state index contributed by atoms with van der Waals surface area (Å²) in [5.74, 6) is -1.61. The fraction of sp³-hybridized carbons (Fsp3) is 0.263. The van der Waals surface area contributed by atoms with Crippen molar-refractivity contribution in [2.24, 2.45) is 0 Å².